The van der Waals surface area contributed by atoms with Crippen LogP contribution < -0.4 is 10.6 Å². The number of halogens is 1. The van der Waals surface area contributed by atoms with Gasteiger partial charge in [0.1, 0.15) is 5.82 Å². The molecule has 6 nitrogen and oxygen atoms in total. The molecule has 0 saturated carbocycles. The highest BCUT2D eigenvalue weighted by atomic mass is 19.1. The van der Waals surface area contributed by atoms with Crippen molar-refractivity contribution in [3.63, 3.8) is 0 Å². The van der Waals surface area contributed by atoms with Gasteiger partial charge in [0, 0.05) is 44.8 Å². The maximum atomic E-state index is 13.2. The molecule has 1 saturated heterocycles. The number of nitrogens with one attached hydrogen (secondary N) is 2. The summed E-state index contributed by atoms with van der Waals surface area (Å²) in [5.74, 6) is -1.25. The van der Waals surface area contributed by atoms with Crippen LogP contribution in [0.5, 0.6) is 0 Å². The van der Waals surface area contributed by atoms with E-state index in [-0.39, 0.29) is 18.0 Å². The normalized spacial score (nSPS) is 15.0. The first-order valence-electron chi connectivity index (χ1n) is 10.4. The van der Waals surface area contributed by atoms with E-state index in [4.69, 9.17) is 0 Å². The number of likely N-dealkylation sites (N-methyl/N-ethyl adjacent to an activating group) is 1. The van der Waals surface area contributed by atoms with Crippen LogP contribution in [0.25, 0.3) is 0 Å². The summed E-state index contributed by atoms with van der Waals surface area (Å²) in [5.41, 5.74) is 2.46. The molecule has 1 heterocycles. The van der Waals surface area contributed by atoms with Gasteiger partial charge in [-0.3, -0.25) is 14.5 Å². The van der Waals surface area contributed by atoms with Crippen LogP contribution in [0.2, 0.25) is 0 Å². The average Bonchev–Trinajstić information content (AvgIpc) is 2.77. The summed E-state index contributed by atoms with van der Waals surface area (Å²) in [6, 6.07) is 13.5. The molecule has 2 N–H and O–H groups in total. The lowest BCUT2D eigenvalue weighted by Gasteiger charge is -2.34. The predicted octanol–water partition coefficient (Wildman–Crippen LogP) is 2.01. The number of carbonyl (C=O) groups excluding carboxylic acids is 2. The molecule has 0 atom stereocenters. The van der Waals surface area contributed by atoms with Crippen molar-refractivity contribution in [3.05, 3.63) is 71.0 Å². The Morgan fingerprint density at radius 1 is 0.933 bits per heavy atom. The van der Waals surface area contributed by atoms with Crippen molar-refractivity contribution in [1.82, 2.24) is 20.4 Å². The highest BCUT2D eigenvalue weighted by Crippen LogP contribution is 2.13. The lowest BCUT2D eigenvalue weighted by Crippen LogP contribution is -2.45. The molecular weight excluding hydrogens is 383 g/mol. The van der Waals surface area contributed by atoms with Gasteiger partial charge < -0.3 is 15.5 Å². The molecule has 2 aromatic carbocycles. The fourth-order valence-electron chi connectivity index (χ4n) is 3.54. The molecule has 160 valence electrons. The Morgan fingerprint density at radius 2 is 1.63 bits per heavy atom. The number of hydrogen-bond donors (Lipinski definition) is 2. The minimum absolute atomic E-state index is 0.156. The first-order chi connectivity index (χ1) is 14.5. The Hall–Kier alpha value is -2.77. The summed E-state index contributed by atoms with van der Waals surface area (Å²) in [6.45, 7) is 8.64. The molecule has 1 fully saturated rings. The maximum absolute atomic E-state index is 13.2. The second-order valence-corrected chi connectivity index (χ2v) is 7.45. The van der Waals surface area contributed by atoms with Crippen molar-refractivity contribution in [2.24, 2.45) is 0 Å². The van der Waals surface area contributed by atoms with E-state index in [0.717, 1.165) is 50.9 Å². The quantitative estimate of drug-likeness (QED) is 0.696. The highest BCUT2D eigenvalue weighted by molar-refractivity contribution is 5.96. The third kappa shape index (κ3) is 6.37. The highest BCUT2D eigenvalue weighted by Gasteiger charge is 2.17. The van der Waals surface area contributed by atoms with E-state index in [0.29, 0.717) is 6.54 Å². The van der Waals surface area contributed by atoms with Crippen LogP contribution in [0, 0.1) is 5.82 Å². The second kappa shape index (κ2) is 10.8. The van der Waals surface area contributed by atoms with Crippen molar-refractivity contribution >= 4 is 11.8 Å². The van der Waals surface area contributed by atoms with Crippen molar-refractivity contribution in [1.29, 1.82) is 0 Å². The van der Waals surface area contributed by atoms with Crippen molar-refractivity contribution < 1.29 is 14.0 Å². The van der Waals surface area contributed by atoms with Crippen molar-refractivity contribution in [3.8, 4) is 0 Å². The Morgan fingerprint density at radius 3 is 2.33 bits per heavy atom. The zero-order valence-corrected chi connectivity index (χ0v) is 17.4. The van der Waals surface area contributed by atoms with Gasteiger partial charge >= 0.3 is 0 Å². The maximum Gasteiger partial charge on any atom is 0.251 e. The average molecular weight is 413 g/mol. The Bertz CT molecular complexity index is 866. The van der Waals surface area contributed by atoms with Gasteiger partial charge in [-0.1, -0.05) is 37.3 Å². The predicted molar refractivity (Wildman–Crippen MR) is 114 cm³/mol. The number of hydrogen-bond acceptors (Lipinski definition) is 4. The van der Waals surface area contributed by atoms with E-state index >= 15 is 0 Å². The molecule has 0 spiro atoms. The zero-order chi connectivity index (χ0) is 21.3. The molecule has 30 heavy (non-hydrogen) atoms. The number of carbonyl (C=O) groups is 2. The van der Waals surface area contributed by atoms with E-state index in [1.165, 1.54) is 23.8 Å². The summed E-state index contributed by atoms with van der Waals surface area (Å²) < 4.78 is 13.2. The lowest BCUT2D eigenvalue weighted by molar-refractivity contribution is -0.120. The van der Waals surface area contributed by atoms with Gasteiger partial charge in [0.15, 0.2) is 0 Å². The van der Waals surface area contributed by atoms with E-state index < -0.39 is 11.7 Å². The number of benzene rings is 2. The summed E-state index contributed by atoms with van der Waals surface area (Å²) in [4.78, 5) is 29.1. The van der Waals surface area contributed by atoms with Crippen LogP contribution in [0.15, 0.2) is 48.5 Å². The first kappa shape index (κ1) is 21.9. The molecule has 0 radical (unpaired) electrons. The van der Waals surface area contributed by atoms with Gasteiger partial charge in [-0.05, 0) is 35.9 Å². The van der Waals surface area contributed by atoms with Crippen LogP contribution >= 0.6 is 0 Å². The Labute approximate surface area is 177 Å². The number of nitrogens with zero attached hydrogens (tertiary/aromatic N) is 2. The van der Waals surface area contributed by atoms with Gasteiger partial charge in [0.25, 0.3) is 5.91 Å². The van der Waals surface area contributed by atoms with E-state index in [1.54, 1.807) is 0 Å². The Balaban J connectivity index is 1.47. The molecule has 0 bridgehead atoms. The van der Waals surface area contributed by atoms with Crippen molar-refractivity contribution in [2.75, 3.05) is 39.3 Å². The standard InChI is InChI=1S/C23H29FN4O2/c1-2-27-10-12-28(13-11-27)17-20-7-4-3-6-19(20)15-25-22(29)16-26-23(30)18-8-5-9-21(24)14-18/h3-9,14H,2,10-13,15-17H2,1H3,(H,25,29)(H,26,30). The number of rotatable bonds is 8. The van der Waals surface area contributed by atoms with Gasteiger partial charge in [-0.25, -0.2) is 4.39 Å². The smallest absolute Gasteiger partial charge is 0.251 e. The topological polar surface area (TPSA) is 64.7 Å². The molecular formula is C23H29FN4O2. The van der Waals surface area contributed by atoms with Gasteiger partial charge in [-0.15, -0.1) is 0 Å². The fraction of sp³-hybridized carbons (Fsp3) is 0.391. The Kier molecular flexibility index (Phi) is 7.93. The molecule has 3 rings (SSSR count). The molecule has 1 aliphatic heterocycles. The SMILES string of the molecule is CCN1CCN(Cc2ccccc2CNC(=O)CNC(=O)c2cccc(F)c2)CC1. The minimum atomic E-state index is -0.486. The van der Waals surface area contributed by atoms with E-state index in [2.05, 4.69) is 33.4 Å². The van der Waals surface area contributed by atoms with Crippen LogP contribution in [-0.2, 0) is 17.9 Å². The lowest BCUT2D eigenvalue weighted by atomic mass is 10.1. The number of amides is 2. The van der Waals surface area contributed by atoms with Crippen LogP contribution in [0.4, 0.5) is 4.39 Å². The molecule has 1 aliphatic rings. The third-order valence-electron chi connectivity index (χ3n) is 5.40. The molecule has 2 amide bonds. The van der Waals surface area contributed by atoms with Gasteiger partial charge in [0.05, 0.1) is 6.54 Å². The van der Waals surface area contributed by atoms with Crippen molar-refractivity contribution in [2.45, 2.75) is 20.0 Å². The molecule has 7 heteroatoms. The third-order valence-corrected chi connectivity index (χ3v) is 5.40. The van der Waals surface area contributed by atoms with E-state index in [9.17, 15) is 14.0 Å². The minimum Gasteiger partial charge on any atom is -0.350 e. The number of piperazine rings is 1. The monoisotopic (exact) mass is 412 g/mol. The summed E-state index contributed by atoms with van der Waals surface area (Å²) in [6.07, 6.45) is 0. The van der Waals surface area contributed by atoms with Crippen LogP contribution in [-0.4, -0.2) is 60.9 Å². The van der Waals surface area contributed by atoms with E-state index in [1.807, 2.05) is 18.2 Å². The van der Waals surface area contributed by atoms with Crippen LogP contribution in [0.3, 0.4) is 0 Å². The molecule has 0 unspecified atom stereocenters. The zero-order valence-electron chi connectivity index (χ0n) is 17.4. The summed E-state index contributed by atoms with van der Waals surface area (Å²) >= 11 is 0. The van der Waals surface area contributed by atoms with Gasteiger partial charge in [0.2, 0.25) is 5.91 Å². The largest absolute Gasteiger partial charge is 0.350 e. The molecule has 0 aromatic heterocycles. The molecule has 0 aliphatic carbocycles. The fourth-order valence-corrected chi connectivity index (χ4v) is 3.54. The van der Waals surface area contributed by atoms with Crippen LogP contribution in [0.1, 0.15) is 28.4 Å². The summed E-state index contributed by atoms with van der Waals surface area (Å²) in [7, 11) is 0. The van der Waals surface area contributed by atoms with Gasteiger partial charge in [-0.2, -0.15) is 0 Å². The second-order valence-electron chi connectivity index (χ2n) is 7.45. The first-order valence-corrected chi connectivity index (χ1v) is 10.4. The summed E-state index contributed by atoms with van der Waals surface area (Å²) in [5, 5.41) is 5.38. The molecule has 2 aromatic rings.